The summed E-state index contributed by atoms with van der Waals surface area (Å²) in [5.41, 5.74) is 0.783. The molecule has 0 aromatic heterocycles. The Kier molecular flexibility index (Phi) is 3.81. The topological polar surface area (TPSA) is 79.2 Å². The molecule has 0 aliphatic carbocycles. The Labute approximate surface area is 111 Å². The highest BCUT2D eigenvalue weighted by atomic mass is 16.5. The second kappa shape index (κ2) is 5.53. The molecule has 1 aliphatic rings. The smallest absolute Gasteiger partial charge is 0.329 e. The average Bonchev–Trinajstić information content (AvgIpc) is 2.77. The summed E-state index contributed by atoms with van der Waals surface area (Å²) in [4.78, 5) is 23.7. The van der Waals surface area contributed by atoms with Crippen molar-refractivity contribution in [3.05, 3.63) is 35.9 Å². The van der Waals surface area contributed by atoms with E-state index < -0.39 is 29.8 Å². The number of carbonyl (C=O) groups excluding carboxylic acids is 2. The first-order valence-corrected chi connectivity index (χ1v) is 6.10. The first kappa shape index (κ1) is 13.1. The highest BCUT2D eigenvalue weighted by molar-refractivity contribution is 5.93. The molecule has 1 aromatic carbocycles. The third-order valence-corrected chi connectivity index (χ3v) is 3.16. The number of hydrogen-bond acceptors (Lipinski definition) is 4. The maximum absolute atomic E-state index is 11.9. The third kappa shape index (κ3) is 2.43. The molecule has 1 amide bonds. The standard InChI is InChI=1S/C14H14N2O3/c1-2-19-14(18)12-11(9-6-4-3-5-7-9)10(8-15)13(17)16-12/h3-7,10-12H,2H2,1H3,(H,16,17)/t10-,11+,12-/m0/s1. The number of rotatable bonds is 3. The van der Waals surface area contributed by atoms with Crippen molar-refractivity contribution >= 4 is 11.9 Å². The van der Waals surface area contributed by atoms with Crippen LogP contribution in [0.1, 0.15) is 18.4 Å². The summed E-state index contributed by atoms with van der Waals surface area (Å²) in [6.45, 7) is 1.94. The minimum atomic E-state index is -0.864. The van der Waals surface area contributed by atoms with Crippen LogP contribution >= 0.6 is 0 Å². The largest absolute Gasteiger partial charge is 0.464 e. The molecule has 5 nitrogen and oxygen atoms in total. The van der Waals surface area contributed by atoms with Crippen molar-refractivity contribution in [1.82, 2.24) is 5.32 Å². The number of nitriles is 1. The lowest BCUT2D eigenvalue weighted by atomic mass is 9.85. The summed E-state index contributed by atoms with van der Waals surface area (Å²) in [7, 11) is 0. The number of esters is 1. The van der Waals surface area contributed by atoms with Crippen molar-refractivity contribution in [2.24, 2.45) is 5.92 Å². The summed E-state index contributed by atoms with van der Waals surface area (Å²) in [5.74, 6) is -2.29. The summed E-state index contributed by atoms with van der Waals surface area (Å²) in [5, 5.41) is 11.7. The van der Waals surface area contributed by atoms with Gasteiger partial charge >= 0.3 is 5.97 Å². The highest BCUT2D eigenvalue weighted by Gasteiger charge is 2.47. The maximum Gasteiger partial charge on any atom is 0.329 e. The van der Waals surface area contributed by atoms with Crippen LogP contribution in [-0.2, 0) is 14.3 Å². The maximum atomic E-state index is 11.9. The van der Waals surface area contributed by atoms with Gasteiger partial charge < -0.3 is 10.1 Å². The van der Waals surface area contributed by atoms with E-state index in [1.807, 2.05) is 36.4 Å². The van der Waals surface area contributed by atoms with E-state index in [1.165, 1.54) is 0 Å². The van der Waals surface area contributed by atoms with Gasteiger partial charge in [0.25, 0.3) is 0 Å². The van der Waals surface area contributed by atoms with Crippen molar-refractivity contribution in [3.8, 4) is 6.07 Å². The molecule has 2 rings (SSSR count). The second-order valence-electron chi connectivity index (χ2n) is 4.28. The Morgan fingerprint density at radius 2 is 2.11 bits per heavy atom. The highest BCUT2D eigenvalue weighted by Crippen LogP contribution is 2.33. The van der Waals surface area contributed by atoms with Crippen molar-refractivity contribution < 1.29 is 14.3 Å². The zero-order chi connectivity index (χ0) is 13.8. The lowest BCUT2D eigenvalue weighted by Gasteiger charge is -2.18. The summed E-state index contributed by atoms with van der Waals surface area (Å²) >= 11 is 0. The minimum Gasteiger partial charge on any atom is -0.464 e. The van der Waals surface area contributed by atoms with Crippen molar-refractivity contribution in [3.63, 3.8) is 0 Å². The molecule has 1 saturated heterocycles. The molecule has 1 N–H and O–H groups in total. The van der Waals surface area contributed by atoms with Crippen LogP contribution in [0.4, 0.5) is 0 Å². The molecule has 0 saturated carbocycles. The van der Waals surface area contributed by atoms with Crippen molar-refractivity contribution in [1.29, 1.82) is 5.26 Å². The lowest BCUT2D eigenvalue weighted by Crippen LogP contribution is -2.37. The molecule has 0 unspecified atom stereocenters. The van der Waals surface area contributed by atoms with Gasteiger partial charge in [0.2, 0.25) is 5.91 Å². The van der Waals surface area contributed by atoms with Crippen LogP contribution in [0.5, 0.6) is 0 Å². The first-order valence-electron chi connectivity index (χ1n) is 6.10. The Hall–Kier alpha value is -2.35. The van der Waals surface area contributed by atoms with E-state index in [2.05, 4.69) is 5.32 Å². The quantitative estimate of drug-likeness (QED) is 0.819. The molecule has 98 valence electrons. The predicted molar refractivity (Wildman–Crippen MR) is 66.8 cm³/mol. The van der Waals surface area contributed by atoms with Gasteiger partial charge in [-0.3, -0.25) is 4.79 Å². The number of nitrogens with zero attached hydrogens (tertiary/aromatic N) is 1. The number of hydrogen-bond donors (Lipinski definition) is 1. The Balaban J connectivity index is 2.36. The van der Waals surface area contributed by atoms with Gasteiger partial charge in [-0.1, -0.05) is 30.3 Å². The van der Waals surface area contributed by atoms with Crippen LogP contribution < -0.4 is 5.32 Å². The first-order chi connectivity index (χ1) is 9.19. The molecule has 0 spiro atoms. The Morgan fingerprint density at radius 3 is 2.68 bits per heavy atom. The predicted octanol–water partition coefficient (Wildman–Crippen LogP) is 0.971. The van der Waals surface area contributed by atoms with E-state index >= 15 is 0 Å². The average molecular weight is 258 g/mol. The van der Waals surface area contributed by atoms with Crippen LogP contribution in [0, 0.1) is 17.2 Å². The molecule has 1 aromatic rings. The van der Waals surface area contributed by atoms with Gasteiger partial charge in [0.1, 0.15) is 12.0 Å². The normalized spacial score (nSPS) is 25.5. The van der Waals surface area contributed by atoms with E-state index in [1.54, 1.807) is 6.92 Å². The van der Waals surface area contributed by atoms with Crippen LogP contribution in [0.25, 0.3) is 0 Å². The summed E-state index contributed by atoms with van der Waals surface area (Å²) in [6, 6.07) is 10.3. The lowest BCUT2D eigenvalue weighted by molar-refractivity contribution is -0.146. The Bertz CT molecular complexity index is 521. The molecular weight excluding hydrogens is 244 g/mol. The molecule has 0 bridgehead atoms. The van der Waals surface area contributed by atoms with E-state index in [9.17, 15) is 9.59 Å². The second-order valence-corrected chi connectivity index (χ2v) is 4.28. The van der Waals surface area contributed by atoms with E-state index in [0.29, 0.717) is 0 Å². The van der Waals surface area contributed by atoms with Crippen LogP contribution in [0.3, 0.4) is 0 Å². The number of carbonyl (C=O) groups is 2. The van der Waals surface area contributed by atoms with Gasteiger partial charge in [-0.2, -0.15) is 5.26 Å². The van der Waals surface area contributed by atoms with Gasteiger partial charge in [-0.15, -0.1) is 0 Å². The monoisotopic (exact) mass is 258 g/mol. The van der Waals surface area contributed by atoms with Crippen LogP contribution in [0.2, 0.25) is 0 Å². The van der Waals surface area contributed by atoms with Gasteiger partial charge in [0, 0.05) is 5.92 Å². The number of ether oxygens (including phenoxy) is 1. The fourth-order valence-corrected chi connectivity index (χ4v) is 2.33. The Morgan fingerprint density at radius 1 is 1.42 bits per heavy atom. The van der Waals surface area contributed by atoms with Crippen LogP contribution in [-0.4, -0.2) is 24.5 Å². The molecule has 5 heteroatoms. The van der Waals surface area contributed by atoms with Gasteiger partial charge in [-0.05, 0) is 12.5 Å². The molecular formula is C14H14N2O3. The number of nitrogens with one attached hydrogen (secondary N) is 1. The molecule has 0 radical (unpaired) electrons. The van der Waals surface area contributed by atoms with Gasteiger partial charge in [-0.25, -0.2) is 4.79 Å². The summed E-state index contributed by atoms with van der Waals surface area (Å²) < 4.78 is 4.96. The number of amides is 1. The van der Waals surface area contributed by atoms with E-state index in [0.717, 1.165) is 5.56 Å². The molecule has 1 fully saturated rings. The SMILES string of the molecule is CCOC(=O)[C@H]1NC(=O)[C@@H](C#N)[C@H]1c1ccccc1. The molecule has 1 heterocycles. The van der Waals surface area contributed by atoms with Crippen molar-refractivity contribution in [2.45, 2.75) is 18.9 Å². The summed E-state index contributed by atoms with van der Waals surface area (Å²) in [6.07, 6.45) is 0. The number of benzene rings is 1. The van der Waals surface area contributed by atoms with E-state index in [-0.39, 0.29) is 6.61 Å². The zero-order valence-corrected chi connectivity index (χ0v) is 10.5. The van der Waals surface area contributed by atoms with Gasteiger partial charge in [0.05, 0.1) is 12.7 Å². The van der Waals surface area contributed by atoms with E-state index in [4.69, 9.17) is 10.00 Å². The molecule has 3 atom stereocenters. The third-order valence-electron chi connectivity index (χ3n) is 3.16. The minimum absolute atomic E-state index is 0.240. The van der Waals surface area contributed by atoms with Crippen molar-refractivity contribution in [2.75, 3.05) is 6.61 Å². The molecule has 1 aliphatic heterocycles. The zero-order valence-electron chi connectivity index (χ0n) is 10.5. The van der Waals surface area contributed by atoms with Gasteiger partial charge in [0.15, 0.2) is 0 Å². The molecule has 19 heavy (non-hydrogen) atoms. The van der Waals surface area contributed by atoms with Crippen LogP contribution in [0.15, 0.2) is 30.3 Å². The fourth-order valence-electron chi connectivity index (χ4n) is 2.33. The fraction of sp³-hybridized carbons (Fsp3) is 0.357.